The van der Waals surface area contributed by atoms with Crippen molar-refractivity contribution in [3.05, 3.63) is 40.6 Å². The fraction of sp³-hybridized carbons (Fsp3) is 0.412. The number of nitrogens with zero attached hydrogens (tertiary/aromatic N) is 2. The zero-order valence-electron chi connectivity index (χ0n) is 12.6. The maximum absolute atomic E-state index is 12.8. The van der Waals surface area contributed by atoms with Gasteiger partial charge in [-0.2, -0.15) is 0 Å². The second-order valence-corrected chi connectivity index (χ2v) is 6.23. The van der Waals surface area contributed by atoms with Gasteiger partial charge in [0.25, 0.3) is 11.8 Å². The molecule has 0 atom stereocenters. The van der Waals surface area contributed by atoms with Gasteiger partial charge in [-0.15, -0.1) is 0 Å². The Bertz CT molecular complexity index is 646. The number of likely N-dealkylation sites (tertiary alicyclic amines) is 1. The first kappa shape index (κ1) is 15.1. The summed E-state index contributed by atoms with van der Waals surface area (Å²) < 4.78 is 0. The normalized spacial score (nSPS) is 19.9. The topological polar surface area (TPSA) is 40.6 Å². The number of amides is 2. The zero-order chi connectivity index (χ0) is 15.7. The van der Waals surface area contributed by atoms with Gasteiger partial charge in [0.1, 0.15) is 10.7 Å². The smallest absolute Gasteiger partial charge is 0.283 e. The van der Waals surface area contributed by atoms with Crippen LogP contribution in [0, 0.1) is 6.92 Å². The summed E-state index contributed by atoms with van der Waals surface area (Å²) in [7, 11) is 0. The lowest BCUT2D eigenvalue weighted by Crippen LogP contribution is -2.35. The molecule has 1 saturated heterocycles. The van der Waals surface area contributed by atoms with Crippen LogP contribution < -0.4 is 4.90 Å². The lowest BCUT2D eigenvalue weighted by atomic mass is 10.2. The third-order valence-corrected chi connectivity index (χ3v) is 4.53. The molecule has 1 fully saturated rings. The SMILES string of the molecule is Cc1cccc(N2C(=O)C(Cl)=C(N3CCCCCC3)C2=O)c1. The monoisotopic (exact) mass is 318 g/mol. The van der Waals surface area contributed by atoms with E-state index >= 15 is 0 Å². The van der Waals surface area contributed by atoms with Gasteiger partial charge in [-0.1, -0.05) is 36.6 Å². The second kappa shape index (κ2) is 6.13. The van der Waals surface area contributed by atoms with Crippen molar-refractivity contribution in [3.63, 3.8) is 0 Å². The van der Waals surface area contributed by atoms with E-state index in [1.807, 2.05) is 30.0 Å². The molecule has 116 valence electrons. The number of anilines is 1. The van der Waals surface area contributed by atoms with E-state index in [9.17, 15) is 9.59 Å². The minimum atomic E-state index is -0.420. The highest BCUT2D eigenvalue weighted by atomic mass is 35.5. The molecule has 0 saturated carbocycles. The summed E-state index contributed by atoms with van der Waals surface area (Å²) >= 11 is 6.22. The molecule has 0 N–H and O–H groups in total. The van der Waals surface area contributed by atoms with Crippen molar-refractivity contribution in [2.75, 3.05) is 18.0 Å². The van der Waals surface area contributed by atoms with Crippen LogP contribution in [0.1, 0.15) is 31.2 Å². The highest BCUT2D eigenvalue weighted by Crippen LogP contribution is 2.32. The van der Waals surface area contributed by atoms with Crippen LogP contribution in [0.2, 0.25) is 0 Å². The van der Waals surface area contributed by atoms with E-state index in [-0.39, 0.29) is 10.9 Å². The van der Waals surface area contributed by atoms with Gasteiger partial charge in [0.15, 0.2) is 0 Å². The molecule has 0 radical (unpaired) electrons. The fourth-order valence-corrected chi connectivity index (χ4v) is 3.35. The summed E-state index contributed by atoms with van der Waals surface area (Å²) in [5, 5.41) is 0.0495. The Balaban J connectivity index is 1.92. The molecule has 4 nitrogen and oxygen atoms in total. The molecule has 3 rings (SSSR count). The van der Waals surface area contributed by atoms with E-state index in [1.54, 1.807) is 6.07 Å². The third-order valence-electron chi connectivity index (χ3n) is 4.19. The molecule has 2 heterocycles. The Labute approximate surface area is 135 Å². The van der Waals surface area contributed by atoms with E-state index in [0.717, 1.165) is 44.3 Å². The summed E-state index contributed by atoms with van der Waals surface area (Å²) in [5.41, 5.74) is 1.95. The standard InChI is InChI=1S/C17H19ClN2O2/c1-12-7-6-8-13(11-12)20-16(21)14(18)15(17(20)22)19-9-4-2-3-5-10-19/h6-8,11H,2-5,9-10H2,1H3. The molecule has 2 amide bonds. The van der Waals surface area contributed by atoms with Crippen LogP contribution in [0.3, 0.4) is 0 Å². The van der Waals surface area contributed by atoms with Crippen LogP contribution in [0.4, 0.5) is 5.69 Å². The quantitative estimate of drug-likeness (QED) is 0.786. The Kier molecular flexibility index (Phi) is 4.21. The van der Waals surface area contributed by atoms with Gasteiger partial charge in [-0.3, -0.25) is 9.59 Å². The average Bonchev–Trinajstić information content (AvgIpc) is 2.68. The van der Waals surface area contributed by atoms with E-state index in [4.69, 9.17) is 11.6 Å². The van der Waals surface area contributed by atoms with Crippen molar-refractivity contribution < 1.29 is 9.59 Å². The number of imide groups is 1. The van der Waals surface area contributed by atoms with Crippen molar-refractivity contribution in [2.45, 2.75) is 32.6 Å². The lowest BCUT2D eigenvalue weighted by molar-refractivity contribution is -0.121. The van der Waals surface area contributed by atoms with Crippen molar-refractivity contribution in [1.29, 1.82) is 0 Å². The molecule has 22 heavy (non-hydrogen) atoms. The minimum Gasteiger partial charge on any atom is -0.366 e. The predicted molar refractivity (Wildman–Crippen MR) is 86.6 cm³/mol. The Morgan fingerprint density at radius 3 is 2.32 bits per heavy atom. The van der Waals surface area contributed by atoms with Gasteiger partial charge in [0, 0.05) is 13.1 Å². The van der Waals surface area contributed by atoms with E-state index in [2.05, 4.69) is 0 Å². The van der Waals surface area contributed by atoms with Crippen LogP contribution >= 0.6 is 11.6 Å². The molecule has 0 aromatic heterocycles. The van der Waals surface area contributed by atoms with E-state index in [0.29, 0.717) is 11.4 Å². The number of hydrogen-bond acceptors (Lipinski definition) is 3. The largest absolute Gasteiger partial charge is 0.366 e. The Hall–Kier alpha value is -1.81. The molecule has 0 aliphatic carbocycles. The van der Waals surface area contributed by atoms with Gasteiger partial charge in [-0.25, -0.2) is 4.90 Å². The number of halogens is 1. The molecule has 1 aromatic rings. The van der Waals surface area contributed by atoms with Crippen molar-refractivity contribution in [2.24, 2.45) is 0 Å². The van der Waals surface area contributed by atoms with Gasteiger partial charge in [0.2, 0.25) is 0 Å². The van der Waals surface area contributed by atoms with Crippen LogP contribution in [-0.2, 0) is 9.59 Å². The highest BCUT2D eigenvalue weighted by molar-refractivity contribution is 6.52. The van der Waals surface area contributed by atoms with Crippen molar-refractivity contribution in [3.8, 4) is 0 Å². The molecule has 0 spiro atoms. The summed E-state index contributed by atoms with van der Waals surface area (Å²) in [6.45, 7) is 3.50. The summed E-state index contributed by atoms with van der Waals surface area (Å²) in [6, 6.07) is 7.35. The molecule has 2 aliphatic rings. The second-order valence-electron chi connectivity index (χ2n) is 5.85. The number of rotatable bonds is 2. The molecule has 5 heteroatoms. The van der Waals surface area contributed by atoms with Gasteiger partial charge in [-0.05, 0) is 37.5 Å². The molecule has 0 unspecified atom stereocenters. The van der Waals surface area contributed by atoms with E-state index in [1.165, 1.54) is 4.90 Å². The van der Waals surface area contributed by atoms with Gasteiger partial charge >= 0.3 is 0 Å². The number of hydrogen-bond donors (Lipinski definition) is 0. The first-order valence-corrected chi connectivity index (χ1v) is 8.07. The summed E-state index contributed by atoms with van der Waals surface area (Å²) in [5.74, 6) is -0.723. The lowest BCUT2D eigenvalue weighted by Gasteiger charge is -2.23. The third kappa shape index (κ3) is 2.63. The Morgan fingerprint density at radius 2 is 1.68 bits per heavy atom. The minimum absolute atomic E-state index is 0.0495. The predicted octanol–water partition coefficient (Wildman–Crippen LogP) is 3.19. The zero-order valence-corrected chi connectivity index (χ0v) is 13.4. The molecule has 1 aromatic carbocycles. The van der Waals surface area contributed by atoms with Crippen molar-refractivity contribution in [1.82, 2.24) is 4.90 Å². The number of carbonyl (C=O) groups is 2. The van der Waals surface area contributed by atoms with Gasteiger partial charge < -0.3 is 4.90 Å². The fourth-order valence-electron chi connectivity index (χ4n) is 3.06. The van der Waals surface area contributed by atoms with Crippen LogP contribution in [0.5, 0.6) is 0 Å². The molecule has 0 bridgehead atoms. The maximum Gasteiger partial charge on any atom is 0.283 e. The van der Waals surface area contributed by atoms with Gasteiger partial charge in [0.05, 0.1) is 5.69 Å². The molecule has 2 aliphatic heterocycles. The van der Waals surface area contributed by atoms with Crippen LogP contribution in [0.25, 0.3) is 0 Å². The number of aryl methyl sites for hydroxylation is 1. The average molecular weight is 319 g/mol. The van der Waals surface area contributed by atoms with Crippen LogP contribution in [0.15, 0.2) is 35.0 Å². The highest BCUT2D eigenvalue weighted by Gasteiger charge is 2.41. The molecular formula is C17H19ClN2O2. The summed E-state index contributed by atoms with van der Waals surface area (Å²) in [4.78, 5) is 28.4. The van der Waals surface area contributed by atoms with Crippen molar-refractivity contribution >= 4 is 29.1 Å². The van der Waals surface area contributed by atoms with Crippen LogP contribution in [-0.4, -0.2) is 29.8 Å². The number of benzene rings is 1. The first-order chi connectivity index (χ1) is 10.6. The summed E-state index contributed by atoms with van der Waals surface area (Å²) in [6.07, 6.45) is 4.37. The van der Waals surface area contributed by atoms with E-state index < -0.39 is 5.91 Å². The first-order valence-electron chi connectivity index (χ1n) is 7.70. The number of carbonyl (C=O) groups excluding carboxylic acids is 2. The Morgan fingerprint density at radius 1 is 1.00 bits per heavy atom. The molecular weight excluding hydrogens is 300 g/mol. The maximum atomic E-state index is 12.8.